The number of hydrogen-bond donors (Lipinski definition) is 0. The summed E-state index contributed by atoms with van der Waals surface area (Å²) in [4.78, 5) is 0. The molecule has 1 aliphatic rings. The van der Waals surface area contributed by atoms with Gasteiger partial charge in [-0.05, 0) is 38.0 Å². The molecule has 0 aromatic heterocycles. The molecule has 1 fully saturated rings. The first-order valence-electron chi connectivity index (χ1n) is 6.07. The van der Waals surface area contributed by atoms with Crippen LogP contribution in [0.15, 0.2) is 0 Å². The molecule has 0 heterocycles. The molecule has 0 atom stereocenters. The van der Waals surface area contributed by atoms with E-state index >= 15 is 0 Å². The van der Waals surface area contributed by atoms with Crippen molar-refractivity contribution in [2.75, 3.05) is 19.1 Å². The van der Waals surface area contributed by atoms with Crippen LogP contribution in [0.5, 0.6) is 0 Å². The number of halogens is 1. The van der Waals surface area contributed by atoms with Gasteiger partial charge in [-0.3, -0.25) is 0 Å². The Kier molecular flexibility index (Phi) is 7.52. The lowest BCUT2D eigenvalue weighted by Gasteiger charge is -2.21. The van der Waals surface area contributed by atoms with E-state index in [1.54, 1.807) is 0 Å². The van der Waals surface area contributed by atoms with Gasteiger partial charge in [0.1, 0.15) is 0 Å². The van der Waals surface area contributed by atoms with Gasteiger partial charge < -0.3 is 4.74 Å². The van der Waals surface area contributed by atoms with E-state index in [-0.39, 0.29) is 0 Å². The van der Waals surface area contributed by atoms with Crippen LogP contribution in [0, 0.1) is 5.92 Å². The lowest BCUT2D eigenvalue weighted by Crippen LogP contribution is -2.13. The van der Waals surface area contributed by atoms with Crippen LogP contribution in [0.3, 0.4) is 0 Å². The lowest BCUT2D eigenvalue weighted by molar-refractivity contribution is 0.0827. The average molecular weight is 219 g/mol. The van der Waals surface area contributed by atoms with Gasteiger partial charge in [-0.1, -0.05) is 19.3 Å². The predicted octanol–water partition coefficient (Wildman–Crippen LogP) is 3.99. The molecular weight excluding hydrogens is 196 g/mol. The van der Waals surface area contributed by atoms with Crippen molar-refractivity contribution in [3.05, 3.63) is 0 Å². The standard InChI is InChI=1S/C12H23ClO/c13-9-5-2-6-10-14-11-12-7-3-1-4-8-12/h12H,1-11H2. The second-order valence-corrected chi connectivity index (χ2v) is 4.71. The van der Waals surface area contributed by atoms with Gasteiger partial charge in [-0.2, -0.15) is 0 Å². The molecule has 0 radical (unpaired) electrons. The first kappa shape index (κ1) is 12.3. The fourth-order valence-corrected chi connectivity index (χ4v) is 2.27. The highest BCUT2D eigenvalue weighted by atomic mass is 35.5. The van der Waals surface area contributed by atoms with E-state index in [0.29, 0.717) is 0 Å². The number of hydrogen-bond acceptors (Lipinski definition) is 1. The molecule has 14 heavy (non-hydrogen) atoms. The maximum absolute atomic E-state index is 5.68. The molecule has 0 bridgehead atoms. The van der Waals surface area contributed by atoms with Gasteiger partial charge in [0, 0.05) is 19.1 Å². The van der Waals surface area contributed by atoms with Crippen molar-refractivity contribution in [1.29, 1.82) is 0 Å². The van der Waals surface area contributed by atoms with Gasteiger partial charge >= 0.3 is 0 Å². The molecule has 84 valence electrons. The molecule has 0 aliphatic heterocycles. The summed E-state index contributed by atoms with van der Waals surface area (Å²) in [5.41, 5.74) is 0. The Balaban J connectivity index is 1.82. The van der Waals surface area contributed by atoms with E-state index in [1.807, 2.05) is 0 Å². The minimum absolute atomic E-state index is 0.794. The number of ether oxygens (including phenoxy) is 1. The summed E-state index contributed by atoms with van der Waals surface area (Å²) in [6.45, 7) is 1.94. The normalized spacial score (nSPS) is 18.6. The Labute approximate surface area is 93.2 Å². The van der Waals surface area contributed by atoms with Gasteiger partial charge in [0.25, 0.3) is 0 Å². The van der Waals surface area contributed by atoms with Crippen LogP contribution in [0.4, 0.5) is 0 Å². The molecule has 2 heteroatoms. The van der Waals surface area contributed by atoms with Crippen LogP contribution in [-0.2, 0) is 4.74 Å². The molecular formula is C12H23ClO. The molecule has 1 nitrogen and oxygen atoms in total. The summed E-state index contributed by atoms with van der Waals surface area (Å²) in [5, 5.41) is 0. The third kappa shape index (κ3) is 5.87. The molecule has 1 aliphatic carbocycles. The molecule has 0 aromatic carbocycles. The van der Waals surface area contributed by atoms with Crippen molar-refractivity contribution in [2.24, 2.45) is 5.92 Å². The minimum Gasteiger partial charge on any atom is -0.381 e. The van der Waals surface area contributed by atoms with Gasteiger partial charge in [-0.25, -0.2) is 0 Å². The summed E-state index contributed by atoms with van der Waals surface area (Å²) in [6.07, 6.45) is 10.6. The summed E-state index contributed by atoms with van der Waals surface area (Å²) in [7, 11) is 0. The number of alkyl halides is 1. The van der Waals surface area contributed by atoms with Crippen molar-refractivity contribution in [3.8, 4) is 0 Å². The maximum Gasteiger partial charge on any atom is 0.0494 e. The fourth-order valence-electron chi connectivity index (χ4n) is 2.08. The largest absolute Gasteiger partial charge is 0.381 e. The van der Waals surface area contributed by atoms with Crippen LogP contribution in [0.25, 0.3) is 0 Å². The second kappa shape index (κ2) is 8.55. The summed E-state index contributed by atoms with van der Waals surface area (Å²) < 4.78 is 5.68. The van der Waals surface area contributed by atoms with Crippen LogP contribution >= 0.6 is 11.6 Å². The Bertz CT molecular complexity index is 121. The first-order valence-corrected chi connectivity index (χ1v) is 6.60. The third-order valence-corrected chi connectivity index (χ3v) is 3.27. The smallest absolute Gasteiger partial charge is 0.0494 e. The first-order chi connectivity index (χ1) is 6.93. The molecule has 0 N–H and O–H groups in total. The van der Waals surface area contributed by atoms with Crippen LogP contribution in [0.2, 0.25) is 0 Å². The average Bonchev–Trinajstić information content (AvgIpc) is 2.25. The Morgan fingerprint density at radius 1 is 1.00 bits per heavy atom. The van der Waals surface area contributed by atoms with Crippen molar-refractivity contribution < 1.29 is 4.74 Å². The van der Waals surface area contributed by atoms with Crippen molar-refractivity contribution in [1.82, 2.24) is 0 Å². The highest BCUT2D eigenvalue weighted by Crippen LogP contribution is 2.23. The number of unbranched alkanes of at least 4 members (excludes halogenated alkanes) is 2. The van der Waals surface area contributed by atoms with E-state index in [4.69, 9.17) is 16.3 Å². The fraction of sp³-hybridized carbons (Fsp3) is 1.00. The van der Waals surface area contributed by atoms with Crippen molar-refractivity contribution in [3.63, 3.8) is 0 Å². The molecule has 1 rings (SSSR count). The molecule has 0 amide bonds. The van der Waals surface area contributed by atoms with Gasteiger partial charge in [-0.15, -0.1) is 11.6 Å². The minimum atomic E-state index is 0.794. The summed E-state index contributed by atoms with van der Waals surface area (Å²) in [5.74, 6) is 1.65. The predicted molar refractivity (Wildman–Crippen MR) is 62.0 cm³/mol. The quantitative estimate of drug-likeness (QED) is 0.464. The van der Waals surface area contributed by atoms with Crippen LogP contribution < -0.4 is 0 Å². The third-order valence-electron chi connectivity index (χ3n) is 3.00. The van der Waals surface area contributed by atoms with Crippen molar-refractivity contribution in [2.45, 2.75) is 51.4 Å². The molecule has 0 aromatic rings. The highest BCUT2D eigenvalue weighted by Gasteiger charge is 2.12. The van der Waals surface area contributed by atoms with Gasteiger partial charge in [0.05, 0.1) is 0 Å². The zero-order valence-corrected chi connectivity index (χ0v) is 9.90. The SMILES string of the molecule is ClCCCCCOCC1CCCCC1. The monoisotopic (exact) mass is 218 g/mol. The molecule has 0 unspecified atom stereocenters. The Hall–Kier alpha value is 0.250. The molecule has 0 spiro atoms. The topological polar surface area (TPSA) is 9.23 Å². The van der Waals surface area contributed by atoms with E-state index < -0.39 is 0 Å². The van der Waals surface area contributed by atoms with Crippen LogP contribution in [0.1, 0.15) is 51.4 Å². The maximum atomic E-state index is 5.68. The van der Waals surface area contributed by atoms with Crippen molar-refractivity contribution >= 4 is 11.6 Å². The van der Waals surface area contributed by atoms with E-state index in [2.05, 4.69) is 0 Å². The molecule has 0 saturated heterocycles. The zero-order chi connectivity index (χ0) is 10.1. The number of rotatable bonds is 7. The lowest BCUT2D eigenvalue weighted by atomic mass is 9.90. The zero-order valence-electron chi connectivity index (χ0n) is 9.14. The highest BCUT2D eigenvalue weighted by molar-refractivity contribution is 6.17. The molecule has 1 saturated carbocycles. The van der Waals surface area contributed by atoms with Gasteiger partial charge in [0.2, 0.25) is 0 Å². The van der Waals surface area contributed by atoms with E-state index in [1.165, 1.54) is 44.9 Å². The van der Waals surface area contributed by atoms with Crippen LogP contribution in [-0.4, -0.2) is 19.1 Å². The second-order valence-electron chi connectivity index (χ2n) is 4.33. The van der Waals surface area contributed by atoms with Gasteiger partial charge in [0.15, 0.2) is 0 Å². The van der Waals surface area contributed by atoms with E-state index in [0.717, 1.165) is 31.4 Å². The van der Waals surface area contributed by atoms with E-state index in [9.17, 15) is 0 Å². The Morgan fingerprint density at radius 3 is 2.50 bits per heavy atom. The summed E-state index contributed by atoms with van der Waals surface area (Å²) >= 11 is 5.60. The summed E-state index contributed by atoms with van der Waals surface area (Å²) in [6, 6.07) is 0. The Morgan fingerprint density at radius 2 is 1.79 bits per heavy atom.